The molecular formula is C28H28F6N4O4. The van der Waals surface area contributed by atoms with Gasteiger partial charge in [0, 0.05) is 0 Å². The molecule has 2 aromatic heterocycles. The van der Waals surface area contributed by atoms with Crippen LogP contribution in [0, 0.1) is 0 Å². The van der Waals surface area contributed by atoms with Crippen molar-refractivity contribution in [2.75, 3.05) is 5.32 Å². The van der Waals surface area contributed by atoms with Crippen LogP contribution in [0.1, 0.15) is 61.2 Å². The third-order valence-electron chi connectivity index (χ3n) is 6.33. The SMILES string of the molecule is C=CCCC(C)c1nc(-c2nnc(C(CCC=C)(OCc3ccccc3)C(F)(F)F)o2)c(NC(=O)O)cc1C(F)(F)F. The first-order chi connectivity index (χ1) is 19.7. The Bertz CT molecular complexity index is 1390. The van der Waals surface area contributed by atoms with Crippen molar-refractivity contribution in [3.8, 4) is 11.6 Å². The standard InChI is InChI=1S/C28H28F6N4O4/c1-4-6-11-17(3)21-19(27(29,30)31)15-20(35-25(39)40)22(36-21)23-37-38-24(42-23)26(14-7-5-2,28(32,33)34)41-16-18-12-9-8-10-13-18/h4-5,8-10,12-13,15,17,35H,1-2,6-7,11,14,16H2,3H3,(H,39,40). The number of carbonyl (C=O) groups is 1. The summed E-state index contributed by atoms with van der Waals surface area (Å²) in [5.41, 5.74) is -5.71. The lowest BCUT2D eigenvalue weighted by atomic mass is 9.95. The van der Waals surface area contributed by atoms with Gasteiger partial charge in [0.2, 0.25) is 5.60 Å². The van der Waals surface area contributed by atoms with Crippen molar-refractivity contribution in [3.05, 3.63) is 84.4 Å². The van der Waals surface area contributed by atoms with Crippen molar-refractivity contribution < 1.29 is 45.4 Å². The fourth-order valence-corrected chi connectivity index (χ4v) is 4.16. The number of amides is 1. The minimum absolute atomic E-state index is 0.179. The van der Waals surface area contributed by atoms with E-state index in [1.807, 2.05) is 0 Å². The third-order valence-corrected chi connectivity index (χ3v) is 6.33. The number of aromatic nitrogens is 3. The number of ether oxygens (including phenoxy) is 1. The Hall–Kier alpha value is -4.20. The van der Waals surface area contributed by atoms with Crippen molar-refractivity contribution in [1.82, 2.24) is 15.2 Å². The van der Waals surface area contributed by atoms with Gasteiger partial charge in [-0.15, -0.1) is 23.4 Å². The molecular weight excluding hydrogens is 570 g/mol. The molecule has 0 fully saturated rings. The molecule has 42 heavy (non-hydrogen) atoms. The molecule has 0 saturated carbocycles. The topological polar surface area (TPSA) is 110 Å². The molecule has 0 radical (unpaired) electrons. The number of anilines is 1. The van der Waals surface area contributed by atoms with Crippen LogP contribution < -0.4 is 5.32 Å². The molecule has 3 aromatic rings. The maximum Gasteiger partial charge on any atom is 0.426 e. The van der Waals surface area contributed by atoms with Crippen LogP contribution in [0.5, 0.6) is 0 Å². The van der Waals surface area contributed by atoms with E-state index in [9.17, 15) is 36.2 Å². The molecule has 2 N–H and O–H groups in total. The Morgan fingerprint density at radius 2 is 1.76 bits per heavy atom. The van der Waals surface area contributed by atoms with E-state index in [-0.39, 0.29) is 12.8 Å². The average molecular weight is 599 g/mol. The van der Waals surface area contributed by atoms with Gasteiger partial charge in [-0.3, -0.25) is 5.32 Å². The fourth-order valence-electron chi connectivity index (χ4n) is 4.16. The maximum atomic E-state index is 14.7. The highest BCUT2D eigenvalue weighted by atomic mass is 19.4. The van der Waals surface area contributed by atoms with Crippen molar-refractivity contribution >= 4 is 11.8 Å². The molecule has 2 atom stereocenters. The Kier molecular flexibility index (Phi) is 10.1. The van der Waals surface area contributed by atoms with E-state index < -0.39 is 77.4 Å². The van der Waals surface area contributed by atoms with Gasteiger partial charge in [-0.2, -0.15) is 26.3 Å². The first kappa shape index (κ1) is 32.3. The lowest BCUT2D eigenvalue weighted by molar-refractivity contribution is -0.299. The van der Waals surface area contributed by atoms with Crippen LogP contribution in [0.2, 0.25) is 0 Å². The maximum absolute atomic E-state index is 14.7. The van der Waals surface area contributed by atoms with Gasteiger partial charge in [-0.05, 0) is 43.2 Å². The monoisotopic (exact) mass is 598 g/mol. The summed E-state index contributed by atoms with van der Waals surface area (Å²) in [4.78, 5) is 15.4. The second-order valence-corrected chi connectivity index (χ2v) is 9.35. The predicted molar refractivity (Wildman–Crippen MR) is 140 cm³/mol. The van der Waals surface area contributed by atoms with E-state index in [1.165, 1.54) is 19.1 Å². The van der Waals surface area contributed by atoms with Crippen LogP contribution in [-0.2, 0) is 23.1 Å². The lowest BCUT2D eigenvalue weighted by Gasteiger charge is -2.32. The highest BCUT2D eigenvalue weighted by Gasteiger charge is 2.61. The smallest absolute Gasteiger partial charge is 0.426 e. The molecule has 0 spiro atoms. The number of halogens is 6. The highest BCUT2D eigenvalue weighted by molar-refractivity contribution is 5.88. The first-order valence-corrected chi connectivity index (χ1v) is 12.7. The molecule has 14 heteroatoms. The Morgan fingerprint density at radius 3 is 2.33 bits per heavy atom. The van der Waals surface area contributed by atoms with Crippen LogP contribution in [0.15, 0.2) is 66.1 Å². The quantitative estimate of drug-likeness (QED) is 0.151. The van der Waals surface area contributed by atoms with Gasteiger partial charge in [0.25, 0.3) is 11.8 Å². The van der Waals surface area contributed by atoms with E-state index in [0.717, 1.165) is 0 Å². The number of pyridine rings is 1. The van der Waals surface area contributed by atoms with Gasteiger partial charge in [0.05, 0.1) is 23.6 Å². The van der Waals surface area contributed by atoms with Crippen LogP contribution in [0.4, 0.5) is 36.8 Å². The largest absolute Gasteiger partial charge is 0.465 e. The number of nitrogens with one attached hydrogen (secondary N) is 1. The van der Waals surface area contributed by atoms with Gasteiger partial charge in [0.15, 0.2) is 5.69 Å². The van der Waals surface area contributed by atoms with E-state index in [0.29, 0.717) is 18.1 Å². The number of carboxylic acid groups (broad SMARTS) is 1. The molecule has 0 aliphatic rings. The summed E-state index contributed by atoms with van der Waals surface area (Å²) in [6, 6.07) is 8.51. The van der Waals surface area contributed by atoms with E-state index in [2.05, 4.69) is 28.3 Å². The molecule has 3 rings (SSSR count). The summed E-state index contributed by atoms with van der Waals surface area (Å²) in [6.07, 6.45) is -9.37. The summed E-state index contributed by atoms with van der Waals surface area (Å²) in [5, 5.41) is 18.3. The van der Waals surface area contributed by atoms with Crippen molar-refractivity contribution in [2.24, 2.45) is 0 Å². The molecule has 1 aromatic carbocycles. The first-order valence-electron chi connectivity index (χ1n) is 12.7. The second kappa shape index (κ2) is 13.2. The minimum atomic E-state index is -5.09. The lowest BCUT2D eigenvalue weighted by Crippen LogP contribution is -2.45. The van der Waals surface area contributed by atoms with Crippen molar-refractivity contribution in [3.63, 3.8) is 0 Å². The number of hydrogen-bond donors (Lipinski definition) is 2. The number of benzene rings is 1. The molecule has 0 aliphatic heterocycles. The molecule has 2 unspecified atom stereocenters. The normalized spacial score (nSPS) is 14.2. The Labute approximate surface area is 237 Å². The van der Waals surface area contributed by atoms with Crippen molar-refractivity contribution in [2.45, 2.75) is 63.1 Å². The van der Waals surface area contributed by atoms with Gasteiger partial charge < -0.3 is 14.3 Å². The summed E-state index contributed by atoms with van der Waals surface area (Å²) >= 11 is 0. The van der Waals surface area contributed by atoms with Crippen LogP contribution >= 0.6 is 0 Å². The van der Waals surface area contributed by atoms with E-state index >= 15 is 0 Å². The van der Waals surface area contributed by atoms with Gasteiger partial charge in [-0.25, -0.2) is 9.78 Å². The number of rotatable bonds is 13. The number of nitrogens with zero attached hydrogens (tertiary/aromatic N) is 3. The van der Waals surface area contributed by atoms with Crippen molar-refractivity contribution in [1.29, 1.82) is 0 Å². The molecule has 2 heterocycles. The molecule has 0 aliphatic carbocycles. The highest BCUT2D eigenvalue weighted by Crippen LogP contribution is 2.47. The summed E-state index contributed by atoms with van der Waals surface area (Å²) < 4.78 is 96.9. The van der Waals surface area contributed by atoms with E-state index in [4.69, 9.17) is 9.15 Å². The molecule has 0 bridgehead atoms. The summed E-state index contributed by atoms with van der Waals surface area (Å²) in [5.74, 6) is -2.59. The average Bonchev–Trinajstić information content (AvgIpc) is 3.41. The zero-order valence-electron chi connectivity index (χ0n) is 22.4. The molecule has 1 amide bonds. The summed E-state index contributed by atoms with van der Waals surface area (Å²) in [6.45, 7) is 7.99. The predicted octanol–water partition coefficient (Wildman–Crippen LogP) is 8.25. The minimum Gasteiger partial charge on any atom is -0.465 e. The zero-order chi connectivity index (χ0) is 31.1. The van der Waals surface area contributed by atoms with Gasteiger partial charge in [-0.1, -0.05) is 49.4 Å². The molecule has 8 nitrogen and oxygen atoms in total. The fraction of sp³-hybridized carbons (Fsp3) is 0.357. The third kappa shape index (κ3) is 7.35. The zero-order valence-corrected chi connectivity index (χ0v) is 22.4. The van der Waals surface area contributed by atoms with E-state index in [1.54, 1.807) is 35.6 Å². The Balaban J connectivity index is 2.21. The number of hydrogen-bond acceptors (Lipinski definition) is 6. The number of alkyl halides is 6. The van der Waals surface area contributed by atoms with Gasteiger partial charge in [0.1, 0.15) is 0 Å². The molecule has 226 valence electrons. The molecule has 0 saturated heterocycles. The van der Waals surface area contributed by atoms with Crippen LogP contribution in [-0.4, -0.2) is 32.6 Å². The van der Waals surface area contributed by atoms with Gasteiger partial charge >= 0.3 is 18.4 Å². The summed E-state index contributed by atoms with van der Waals surface area (Å²) in [7, 11) is 0. The Morgan fingerprint density at radius 1 is 1.10 bits per heavy atom. The second-order valence-electron chi connectivity index (χ2n) is 9.35. The number of allylic oxidation sites excluding steroid dienone is 2. The van der Waals surface area contributed by atoms with Crippen LogP contribution in [0.25, 0.3) is 11.6 Å². The van der Waals surface area contributed by atoms with Crippen LogP contribution in [0.3, 0.4) is 0 Å².